The van der Waals surface area contributed by atoms with Crippen molar-refractivity contribution in [1.82, 2.24) is 9.88 Å². The van der Waals surface area contributed by atoms with E-state index in [0.717, 1.165) is 17.1 Å². The first-order valence-electron chi connectivity index (χ1n) is 8.49. The number of amides is 1. The van der Waals surface area contributed by atoms with Crippen molar-refractivity contribution in [2.75, 3.05) is 13.7 Å². The maximum absolute atomic E-state index is 12.4. The van der Waals surface area contributed by atoms with Gasteiger partial charge in [0.2, 0.25) is 0 Å². The van der Waals surface area contributed by atoms with Gasteiger partial charge in [-0.05, 0) is 43.5 Å². The molecule has 1 amide bonds. The molecule has 1 aromatic carbocycles. The summed E-state index contributed by atoms with van der Waals surface area (Å²) in [6.45, 7) is 8.51. The van der Waals surface area contributed by atoms with Crippen molar-refractivity contribution >= 4 is 11.9 Å². The summed E-state index contributed by atoms with van der Waals surface area (Å²) in [6, 6.07) is 10.2. The zero-order chi connectivity index (χ0) is 18.6. The Bertz CT molecular complexity index is 775. The summed E-state index contributed by atoms with van der Waals surface area (Å²) < 4.78 is 6.66. The standard InChI is InChI=1S/C20H26N2O3/c1-13(2)16-7-6-8-17(12-16)22-14(3)11-18(15(22)4)20(24)21-10-9-19(23)25-5/h6-8,11-13H,9-10H2,1-5H3,(H,21,24). The highest BCUT2D eigenvalue weighted by atomic mass is 16.5. The van der Waals surface area contributed by atoms with E-state index in [1.165, 1.54) is 12.7 Å². The van der Waals surface area contributed by atoms with Gasteiger partial charge in [0.25, 0.3) is 5.91 Å². The number of nitrogens with zero attached hydrogens (tertiary/aromatic N) is 1. The Morgan fingerprint density at radius 1 is 1.20 bits per heavy atom. The highest BCUT2D eigenvalue weighted by Crippen LogP contribution is 2.24. The lowest BCUT2D eigenvalue weighted by Gasteiger charge is -2.13. The van der Waals surface area contributed by atoms with Crippen LogP contribution in [0.15, 0.2) is 30.3 Å². The van der Waals surface area contributed by atoms with Crippen molar-refractivity contribution in [3.8, 4) is 5.69 Å². The second kappa shape index (κ2) is 8.01. The first-order chi connectivity index (χ1) is 11.8. The van der Waals surface area contributed by atoms with Gasteiger partial charge in [-0.1, -0.05) is 26.0 Å². The second-order valence-corrected chi connectivity index (χ2v) is 6.45. The second-order valence-electron chi connectivity index (χ2n) is 6.45. The minimum atomic E-state index is -0.337. The maximum Gasteiger partial charge on any atom is 0.307 e. The number of rotatable bonds is 6. The van der Waals surface area contributed by atoms with Crippen LogP contribution in [-0.4, -0.2) is 30.1 Å². The molecule has 0 fully saturated rings. The molecule has 134 valence electrons. The van der Waals surface area contributed by atoms with Crippen LogP contribution in [0.3, 0.4) is 0 Å². The number of esters is 1. The number of aromatic nitrogens is 1. The van der Waals surface area contributed by atoms with Crippen LogP contribution in [0.5, 0.6) is 0 Å². The molecule has 5 heteroatoms. The van der Waals surface area contributed by atoms with Gasteiger partial charge in [-0.2, -0.15) is 0 Å². The molecule has 5 nitrogen and oxygen atoms in total. The van der Waals surface area contributed by atoms with Crippen molar-refractivity contribution in [3.05, 3.63) is 52.8 Å². The first-order valence-corrected chi connectivity index (χ1v) is 8.49. The zero-order valence-electron chi connectivity index (χ0n) is 15.6. The van der Waals surface area contributed by atoms with Crippen molar-refractivity contribution < 1.29 is 14.3 Å². The number of hydrogen-bond acceptors (Lipinski definition) is 3. The van der Waals surface area contributed by atoms with Crippen LogP contribution < -0.4 is 5.32 Å². The van der Waals surface area contributed by atoms with Crippen molar-refractivity contribution in [3.63, 3.8) is 0 Å². The number of methoxy groups -OCH3 is 1. The van der Waals surface area contributed by atoms with Gasteiger partial charge < -0.3 is 14.6 Å². The number of nitrogens with one attached hydrogen (secondary N) is 1. The molecule has 0 atom stereocenters. The lowest BCUT2D eigenvalue weighted by atomic mass is 10.0. The van der Waals surface area contributed by atoms with Gasteiger partial charge in [0, 0.05) is 23.6 Å². The van der Waals surface area contributed by atoms with E-state index < -0.39 is 0 Å². The number of benzene rings is 1. The van der Waals surface area contributed by atoms with Gasteiger partial charge >= 0.3 is 5.97 Å². The molecule has 0 aliphatic rings. The zero-order valence-corrected chi connectivity index (χ0v) is 15.6. The Hall–Kier alpha value is -2.56. The van der Waals surface area contributed by atoms with Crippen LogP contribution in [0.4, 0.5) is 0 Å². The lowest BCUT2D eigenvalue weighted by molar-refractivity contribution is -0.140. The van der Waals surface area contributed by atoms with Crippen LogP contribution >= 0.6 is 0 Å². The molecule has 2 aromatic rings. The topological polar surface area (TPSA) is 60.3 Å². The number of hydrogen-bond donors (Lipinski definition) is 1. The number of aryl methyl sites for hydroxylation is 1. The van der Waals surface area contributed by atoms with Crippen LogP contribution in [0.25, 0.3) is 5.69 Å². The third-order valence-electron chi connectivity index (χ3n) is 4.31. The number of ether oxygens (including phenoxy) is 1. The molecule has 0 radical (unpaired) electrons. The van der Waals surface area contributed by atoms with Crippen molar-refractivity contribution in [2.24, 2.45) is 0 Å². The molecular weight excluding hydrogens is 316 g/mol. The predicted octanol–water partition coefficient (Wildman–Crippen LogP) is 3.51. The predicted molar refractivity (Wildman–Crippen MR) is 98.3 cm³/mol. The lowest BCUT2D eigenvalue weighted by Crippen LogP contribution is -2.26. The Balaban J connectivity index is 2.24. The fourth-order valence-corrected chi connectivity index (χ4v) is 2.89. The van der Waals surface area contributed by atoms with E-state index in [1.54, 1.807) is 0 Å². The molecule has 1 N–H and O–H groups in total. The molecule has 2 rings (SSSR count). The number of carbonyl (C=O) groups excluding carboxylic acids is 2. The van der Waals surface area contributed by atoms with E-state index in [4.69, 9.17) is 0 Å². The first kappa shape index (κ1) is 18.8. The summed E-state index contributed by atoms with van der Waals surface area (Å²) in [5.41, 5.74) is 4.81. The Morgan fingerprint density at radius 2 is 1.92 bits per heavy atom. The molecule has 1 heterocycles. The summed E-state index contributed by atoms with van der Waals surface area (Å²) >= 11 is 0. The van der Waals surface area contributed by atoms with Crippen molar-refractivity contribution in [2.45, 2.75) is 40.0 Å². The quantitative estimate of drug-likeness (QED) is 0.817. The van der Waals surface area contributed by atoms with Gasteiger partial charge in [-0.3, -0.25) is 9.59 Å². The Kier molecular flexibility index (Phi) is 6.02. The van der Waals surface area contributed by atoms with Gasteiger partial charge in [0.1, 0.15) is 0 Å². The third-order valence-corrected chi connectivity index (χ3v) is 4.31. The molecule has 0 saturated carbocycles. The summed E-state index contributed by atoms with van der Waals surface area (Å²) in [5, 5.41) is 2.77. The molecule has 0 bridgehead atoms. The van der Waals surface area contributed by atoms with Gasteiger partial charge in [-0.15, -0.1) is 0 Å². The van der Waals surface area contributed by atoms with E-state index >= 15 is 0 Å². The average molecular weight is 342 g/mol. The van der Waals surface area contributed by atoms with Crippen LogP contribution in [0, 0.1) is 13.8 Å². The molecule has 0 aliphatic heterocycles. The highest BCUT2D eigenvalue weighted by Gasteiger charge is 2.17. The summed E-state index contributed by atoms with van der Waals surface area (Å²) in [5.74, 6) is -0.0724. The summed E-state index contributed by atoms with van der Waals surface area (Å²) in [7, 11) is 1.34. The molecule has 0 saturated heterocycles. The summed E-state index contributed by atoms with van der Waals surface area (Å²) in [6.07, 6.45) is 0.164. The van der Waals surface area contributed by atoms with E-state index in [0.29, 0.717) is 11.5 Å². The minimum absolute atomic E-state index is 0.164. The minimum Gasteiger partial charge on any atom is -0.469 e. The highest BCUT2D eigenvalue weighted by molar-refractivity contribution is 5.96. The average Bonchev–Trinajstić information content (AvgIpc) is 2.89. The smallest absolute Gasteiger partial charge is 0.307 e. The fourth-order valence-electron chi connectivity index (χ4n) is 2.89. The van der Waals surface area contributed by atoms with Crippen LogP contribution in [0.1, 0.15) is 53.5 Å². The number of carbonyl (C=O) groups is 2. The molecule has 25 heavy (non-hydrogen) atoms. The van der Waals surface area contributed by atoms with Crippen LogP contribution in [-0.2, 0) is 9.53 Å². The van der Waals surface area contributed by atoms with E-state index in [-0.39, 0.29) is 24.8 Å². The Morgan fingerprint density at radius 3 is 2.56 bits per heavy atom. The van der Waals surface area contributed by atoms with Crippen molar-refractivity contribution in [1.29, 1.82) is 0 Å². The van der Waals surface area contributed by atoms with Gasteiger partial charge in [0.05, 0.1) is 19.1 Å². The Labute approximate surface area is 149 Å². The molecule has 0 unspecified atom stereocenters. The van der Waals surface area contributed by atoms with E-state index in [2.05, 4.69) is 40.6 Å². The molecule has 0 spiro atoms. The SMILES string of the molecule is COC(=O)CCNC(=O)c1cc(C)n(-c2cccc(C(C)C)c2)c1C. The van der Waals surface area contributed by atoms with E-state index in [1.807, 2.05) is 32.0 Å². The fraction of sp³-hybridized carbons (Fsp3) is 0.400. The molecule has 1 aromatic heterocycles. The third kappa shape index (κ3) is 4.29. The van der Waals surface area contributed by atoms with Crippen LogP contribution in [0.2, 0.25) is 0 Å². The normalized spacial score (nSPS) is 10.8. The van der Waals surface area contributed by atoms with Gasteiger partial charge in [0.15, 0.2) is 0 Å². The maximum atomic E-state index is 12.4. The molecule has 0 aliphatic carbocycles. The largest absolute Gasteiger partial charge is 0.469 e. The summed E-state index contributed by atoms with van der Waals surface area (Å²) in [4.78, 5) is 23.6. The van der Waals surface area contributed by atoms with Gasteiger partial charge in [-0.25, -0.2) is 0 Å². The molecular formula is C20H26N2O3. The monoisotopic (exact) mass is 342 g/mol. The van der Waals surface area contributed by atoms with E-state index in [9.17, 15) is 9.59 Å².